The van der Waals surface area contributed by atoms with Crippen LogP contribution in [0.4, 0.5) is 17.1 Å². The third kappa shape index (κ3) is 4.71. The Morgan fingerprint density at radius 1 is 0.868 bits per heavy atom. The largest absolute Gasteiger partial charge is 0.323 e. The maximum absolute atomic E-state index is 13.2. The van der Waals surface area contributed by atoms with Gasteiger partial charge in [-0.1, -0.05) is 36.4 Å². The first-order chi connectivity index (χ1) is 18.1. The number of benzene rings is 3. The smallest absolute Gasteiger partial charge is 0.241 e. The first kappa shape index (κ1) is 25.0. The van der Waals surface area contributed by atoms with Gasteiger partial charge in [0.2, 0.25) is 11.8 Å². The van der Waals surface area contributed by atoms with Crippen LogP contribution in [0, 0.1) is 6.92 Å². The Kier molecular flexibility index (Phi) is 6.85. The van der Waals surface area contributed by atoms with Crippen molar-refractivity contribution < 1.29 is 9.59 Å². The zero-order valence-electron chi connectivity index (χ0n) is 20.5. The summed E-state index contributed by atoms with van der Waals surface area (Å²) in [7, 11) is 0. The average Bonchev–Trinajstić information content (AvgIpc) is 3.33. The molecular weight excluding hydrogens is 502 g/mol. The molecule has 3 aromatic carbocycles. The lowest BCUT2D eigenvalue weighted by molar-refractivity contribution is -0.124. The van der Waals surface area contributed by atoms with Crippen molar-refractivity contribution in [3.05, 3.63) is 96.1 Å². The second kappa shape index (κ2) is 10.4. The first-order valence-electron chi connectivity index (χ1n) is 12.0. The number of carbonyl (C=O) groups excluding carboxylic acids is 2. The summed E-state index contributed by atoms with van der Waals surface area (Å²) in [6.07, 6.45) is 1.10. The Morgan fingerprint density at radius 2 is 1.66 bits per heavy atom. The minimum Gasteiger partial charge on any atom is -0.323 e. The summed E-state index contributed by atoms with van der Waals surface area (Å²) >= 11 is 0. The van der Waals surface area contributed by atoms with E-state index in [2.05, 4.69) is 25.8 Å². The highest BCUT2D eigenvalue weighted by molar-refractivity contribution is 6.21. The summed E-state index contributed by atoms with van der Waals surface area (Å²) in [5.74, 6) is 0.0877. The van der Waals surface area contributed by atoms with Gasteiger partial charge in [-0.15, -0.1) is 17.5 Å². The molecule has 0 unspecified atom stereocenters. The minimum absolute atomic E-state index is 0. The number of amides is 2. The number of nitrogens with zero attached hydrogens (tertiary/aromatic N) is 6. The Morgan fingerprint density at radius 3 is 2.47 bits per heavy atom. The average molecular weight is 526 g/mol. The monoisotopic (exact) mass is 525 g/mol. The van der Waals surface area contributed by atoms with Crippen LogP contribution in [0.3, 0.4) is 0 Å². The molecule has 9 nitrogen and oxygen atoms in total. The molecule has 5 aromatic rings. The fourth-order valence-electron chi connectivity index (χ4n) is 4.68. The number of halogens is 1. The number of tetrazole rings is 1. The van der Waals surface area contributed by atoms with E-state index in [1.807, 2.05) is 85.8 Å². The van der Waals surface area contributed by atoms with Crippen molar-refractivity contribution in [1.82, 2.24) is 25.2 Å². The number of fused-ring (bicyclic) bond motifs is 3. The van der Waals surface area contributed by atoms with Crippen LogP contribution in [0.5, 0.6) is 0 Å². The lowest BCUT2D eigenvalue weighted by Crippen LogP contribution is -2.26. The normalized spacial score (nSPS) is 13.0. The van der Waals surface area contributed by atoms with Crippen molar-refractivity contribution >= 4 is 52.1 Å². The topological polar surface area (TPSA) is 106 Å². The van der Waals surface area contributed by atoms with E-state index in [0.717, 1.165) is 27.8 Å². The van der Waals surface area contributed by atoms with Crippen molar-refractivity contribution in [2.75, 3.05) is 10.2 Å². The number of rotatable bonds is 5. The molecule has 0 aliphatic carbocycles. The van der Waals surface area contributed by atoms with Crippen molar-refractivity contribution in [1.29, 1.82) is 0 Å². The maximum Gasteiger partial charge on any atom is 0.241 e. The molecule has 0 fully saturated rings. The molecule has 1 aliphatic heterocycles. The van der Waals surface area contributed by atoms with E-state index >= 15 is 0 Å². The van der Waals surface area contributed by atoms with E-state index < -0.39 is 0 Å². The van der Waals surface area contributed by atoms with Crippen LogP contribution < -0.4 is 10.2 Å². The van der Waals surface area contributed by atoms with Gasteiger partial charge in [0.25, 0.3) is 0 Å². The van der Waals surface area contributed by atoms with Gasteiger partial charge < -0.3 is 5.32 Å². The second-order valence-corrected chi connectivity index (χ2v) is 8.93. The van der Waals surface area contributed by atoms with Crippen molar-refractivity contribution in [3.8, 4) is 5.69 Å². The van der Waals surface area contributed by atoms with Gasteiger partial charge in [-0.25, -0.2) is 0 Å². The second-order valence-electron chi connectivity index (χ2n) is 8.93. The van der Waals surface area contributed by atoms with Crippen molar-refractivity contribution in [2.24, 2.45) is 0 Å². The molecule has 6 rings (SSSR count). The van der Waals surface area contributed by atoms with Crippen LogP contribution in [0.15, 0.2) is 78.9 Å². The summed E-state index contributed by atoms with van der Waals surface area (Å²) in [6, 6.07) is 25.0. The van der Waals surface area contributed by atoms with Crippen molar-refractivity contribution in [2.45, 2.75) is 26.2 Å². The van der Waals surface area contributed by atoms with Gasteiger partial charge in [0.15, 0.2) is 5.82 Å². The third-order valence-corrected chi connectivity index (χ3v) is 6.41. The standard InChI is InChI=1S/C28H23N7O2.ClH/c1-18-5-4-7-20(29-18)10-16-25-31-32-33-35(25)22-13-11-21(12-14-22)34-24-15-9-19-6-2-3-8-23(19)28(24)30-26(36)17-27(34)37;/h2-9,11-15H,10,16-17H2,1H3,(H,30,36);1H. The number of pyridine rings is 1. The molecule has 0 saturated carbocycles. The number of aromatic nitrogens is 5. The van der Waals surface area contributed by atoms with Crippen LogP contribution >= 0.6 is 12.4 Å². The number of nitrogens with one attached hydrogen (secondary N) is 1. The molecule has 0 saturated heterocycles. The molecule has 10 heteroatoms. The lowest BCUT2D eigenvalue weighted by atomic mass is 10.1. The molecule has 190 valence electrons. The molecule has 0 radical (unpaired) electrons. The molecule has 2 amide bonds. The minimum atomic E-state index is -0.330. The summed E-state index contributed by atoms with van der Waals surface area (Å²) in [6.45, 7) is 1.97. The van der Waals surface area contributed by atoms with Gasteiger partial charge in [-0.3, -0.25) is 19.5 Å². The van der Waals surface area contributed by atoms with E-state index in [0.29, 0.717) is 35.7 Å². The zero-order valence-corrected chi connectivity index (χ0v) is 21.4. The molecule has 1 aliphatic rings. The van der Waals surface area contributed by atoms with E-state index in [1.54, 1.807) is 9.58 Å². The molecule has 1 N–H and O–H groups in total. The van der Waals surface area contributed by atoms with Gasteiger partial charge in [0.05, 0.1) is 17.1 Å². The van der Waals surface area contributed by atoms with Gasteiger partial charge in [-0.2, -0.15) is 4.68 Å². The van der Waals surface area contributed by atoms with Crippen LogP contribution in [0.25, 0.3) is 16.5 Å². The van der Waals surface area contributed by atoms with E-state index in [1.165, 1.54) is 0 Å². The van der Waals surface area contributed by atoms with Gasteiger partial charge in [0, 0.05) is 28.9 Å². The Balaban J connectivity index is 0.00000294. The van der Waals surface area contributed by atoms with E-state index in [-0.39, 0.29) is 30.6 Å². The highest BCUT2D eigenvalue weighted by Crippen LogP contribution is 2.40. The Labute approximate surface area is 224 Å². The fraction of sp³-hybridized carbons (Fsp3) is 0.143. The van der Waals surface area contributed by atoms with Gasteiger partial charge in [-0.05, 0) is 71.6 Å². The molecule has 0 bridgehead atoms. The maximum atomic E-state index is 13.2. The molecular formula is C28H24ClN7O2. The Bertz CT molecular complexity index is 1650. The van der Waals surface area contributed by atoms with E-state index in [4.69, 9.17) is 0 Å². The predicted molar refractivity (Wildman–Crippen MR) is 147 cm³/mol. The zero-order chi connectivity index (χ0) is 25.4. The lowest BCUT2D eigenvalue weighted by Gasteiger charge is -2.23. The number of aryl methyl sites for hydroxylation is 3. The summed E-state index contributed by atoms with van der Waals surface area (Å²) in [5, 5.41) is 17.0. The van der Waals surface area contributed by atoms with Crippen molar-refractivity contribution in [3.63, 3.8) is 0 Å². The fourth-order valence-corrected chi connectivity index (χ4v) is 4.68. The Hall–Kier alpha value is -4.63. The molecule has 2 aromatic heterocycles. The number of hydrogen-bond donors (Lipinski definition) is 1. The summed E-state index contributed by atoms with van der Waals surface area (Å²) in [4.78, 5) is 31.8. The van der Waals surface area contributed by atoms with E-state index in [9.17, 15) is 9.59 Å². The van der Waals surface area contributed by atoms with Crippen LogP contribution in [-0.2, 0) is 22.4 Å². The molecule has 3 heterocycles. The quantitative estimate of drug-likeness (QED) is 0.332. The van der Waals surface area contributed by atoms with Crippen LogP contribution in [0.1, 0.15) is 23.6 Å². The SMILES string of the molecule is Cc1cccc(CCc2nnnn2-c2ccc(N3C(=O)CC(=O)Nc4c3ccc3ccccc43)cc2)n1.Cl. The van der Waals surface area contributed by atoms with Gasteiger partial charge >= 0.3 is 0 Å². The highest BCUT2D eigenvalue weighted by atomic mass is 35.5. The summed E-state index contributed by atoms with van der Waals surface area (Å²) in [5.41, 5.74) is 4.65. The summed E-state index contributed by atoms with van der Waals surface area (Å²) < 4.78 is 1.69. The predicted octanol–water partition coefficient (Wildman–Crippen LogP) is 4.73. The number of hydrogen-bond acceptors (Lipinski definition) is 6. The van der Waals surface area contributed by atoms with Gasteiger partial charge in [0.1, 0.15) is 6.42 Å². The molecule has 0 atom stereocenters. The number of carbonyl (C=O) groups is 2. The highest BCUT2D eigenvalue weighted by Gasteiger charge is 2.28. The number of anilines is 3. The first-order valence-corrected chi connectivity index (χ1v) is 12.0. The van der Waals surface area contributed by atoms with Crippen LogP contribution in [-0.4, -0.2) is 37.0 Å². The third-order valence-electron chi connectivity index (χ3n) is 6.41. The molecule has 38 heavy (non-hydrogen) atoms. The van der Waals surface area contributed by atoms with Crippen LogP contribution in [0.2, 0.25) is 0 Å². The molecule has 0 spiro atoms.